The predicted octanol–water partition coefficient (Wildman–Crippen LogP) is 3.87. The van der Waals surface area contributed by atoms with Crippen molar-refractivity contribution < 1.29 is 23.2 Å². The first kappa shape index (κ1) is 14.6. The van der Waals surface area contributed by atoms with Crippen LogP contribution < -0.4 is 4.74 Å². The van der Waals surface area contributed by atoms with Gasteiger partial charge in [0.25, 0.3) is 5.69 Å². The third-order valence-electron chi connectivity index (χ3n) is 2.67. The molecule has 2 aromatic carbocycles. The van der Waals surface area contributed by atoms with E-state index in [1.807, 2.05) is 0 Å². The van der Waals surface area contributed by atoms with Gasteiger partial charge in [0.1, 0.15) is 11.6 Å². The minimum Gasteiger partial charge on any atom is -0.454 e. The fraction of sp³-hybridized carbons (Fsp3) is 0.0714. The number of ketones is 1. The van der Waals surface area contributed by atoms with Crippen LogP contribution in [0.25, 0.3) is 0 Å². The summed E-state index contributed by atoms with van der Waals surface area (Å²) in [6.45, 7) is 1.19. The van der Waals surface area contributed by atoms with Crippen molar-refractivity contribution in [3.8, 4) is 11.5 Å². The third kappa shape index (κ3) is 3.19. The maximum atomic E-state index is 13.4. The number of benzene rings is 2. The van der Waals surface area contributed by atoms with Crippen LogP contribution >= 0.6 is 0 Å². The molecule has 0 aromatic heterocycles. The highest BCUT2D eigenvalue weighted by Crippen LogP contribution is 2.30. The number of hydrogen-bond acceptors (Lipinski definition) is 4. The monoisotopic (exact) mass is 293 g/mol. The second-order valence-corrected chi connectivity index (χ2v) is 4.17. The van der Waals surface area contributed by atoms with Crippen molar-refractivity contribution in [2.45, 2.75) is 6.92 Å². The number of hydrogen-bond donors (Lipinski definition) is 0. The molecule has 0 aliphatic carbocycles. The number of carbonyl (C=O) groups is 1. The number of halogens is 2. The molecule has 0 unspecified atom stereocenters. The van der Waals surface area contributed by atoms with Gasteiger partial charge >= 0.3 is 0 Å². The van der Waals surface area contributed by atoms with Gasteiger partial charge in [-0.1, -0.05) is 0 Å². The fourth-order valence-corrected chi connectivity index (χ4v) is 1.71. The second-order valence-electron chi connectivity index (χ2n) is 4.17. The normalized spacial score (nSPS) is 10.2. The molecular formula is C14H9F2NO4. The topological polar surface area (TPSA) is 69.4 Å². The first-order chi connectivity index (χ1) is 9.88. The predicted molar refractivity (Wildman–Crippen MR) is 69.5 cm³/mol. The Hall–Kier alpha value is -2.83. The molecule has 0 saturated heterocycles. The SMILES string of the molecule is CC(=O)c1ccc(Oc2cc(F)ccc2F)cc1[N+](=O)[O-]. The molecule has 0 atom stereocenters. The first-order valence-corrected chi connectivity index (χ1v) is 5.81. The first-order valence-electron chi connectivity index (χ1n) is 5.81. The minimum atomic E-state index is -0.810. The molecule has 5 nitrogen and oxygen atoms in total. The third-order valence-corrected chi connectivity index (χ3v) is 2.67. The largest absolute Gasteiger partial charge is 0.454 e. The lowest BCUT2D eigenvalue weighted by Crippen LogP contribution is -2.00. The van der Waals surface area contributed by atoms with Crippen molar-refractivity contribution >= 4 is 11.5 Å². The lowest BCUT2D eigenvalue weighted by atomic mass is 10.1. The fourth-order valence-electron chi connectivity index (χ4n) is 1.71. The average molecular weight is 293 g/mol. The highest BCUT2D eigenvalue weighted by atomic mass is 19.1. The molecule has 0 aliphatic heterocycles. The number of rotatable bonds is 4. The van der Waals surface area contributed by atoms with Gasteiger partial charge in [0.2, 0.25) is 0 Å². The van der Waals surface area contributed by atoms with Crippen LogP contribution in [0.15, 0.2) is 36.4 Å². The van der Waals surface area contributed by atoms with Gasteiger partial charge in [-0.15, -0.1) is 0 Å². The molecule has 108 valence electrons. The van der Waals surface area contributed by atoms with Crippen molar-refractivity contribution in [2.24, 2.45) is 0 Å². The van der Waals surface area contributed by atoms with E-state index in [1.54, 1.807) is 0 Å². The molecule has 0 amide bonds. The van der Waals surface area contributed by atoms with E-state index in [0.717, 1.165) is 24.3 Å². The Morgan fingerprint density at radius 2 is 1.90 bits per heavy atom. The molecule has 0 saturated carbocycles. The standard InChI is InChI=1S/C14H9F2NO4/c1-8(18)11-4-3-10(7-13(11)17(19)20)21-14-6-9(15)2-5-12(14)16/h2-7H,1H3. The zero-order chi connectivity index (χ0) is 15.6. The summed E-state index contributed by atoms with van der Waals surface area (Å²) < 4.78 is 31.6. The van der Waals surface area contributed by atoms with Gasteiger partial charge in [0, 0.05) is 6.07 Å². The molecule has 0 N–H and O–H groups in total. The van der Waals surface area contributed by atoms with E-state index in [1.165, 1.54) is 19.1 Å². The quantitative estimate of drug-likeness (QED) is 0.487. The number of Topliss-reactive ketones (excluding diaryl/α,β-unsaturated/α-hetero) is 1. The molecule has 7 heteroatoms. The van der Waals surface area contributed by atoms with Gasteiger partial charge in [-0.05, 0) is 31.2 Å². The average Bonchev–Trinajstić information content (AvgIpc) is 2.42. The van der Waals surface area contributed by atoms with Crippen LogP contribution in [0.4, 0.5) is 14.5 Å². The molecular weight excluding hydrogens is 284 g/mol. The van der Waals surface area contributed by atoms with E-state index in [2.05, 4.69) is 0 Å². The number of nitro groups is 1. The summed E-state index contributed by atoms with van der Waals surface area (Å²) in [5.74, 6) is -2.47. The number of nitrogens with zero attached hydrogens (tertiary/aromatic N) is 1. The lowest BCUT2D eigenvalue weighted by Gasteiger charge is -2.07. The van der Waals surface area contributed by atoms with Gasteiger partial charge in [0.15, 0.2) is 17.3 Å². The molecule has 0 fully saturated rings. The van der Waals surface area contributed by atoms with Crippen LogP contribution in [-0.2, 0) is 0 Å². The Bertz CT molecular complexity index is 731. The highest BCUT2D eigenvalue weighted by Gasteiger charge is 2.19. The van der Waals surface area contributed by atoms with Gasteiger partial charge in [-0.25, -0.2) is 8.78 Å². The van der Waals surface area contributed by atoms with Crippen LogP contribution in [0.1, 0.15) is 17.3 Å². The van der Waals surface area contributed by atoms with E-state index in [0.29, 0.717) is 0 Å². The Labute approximate surface area is 117 Å². The second kappa shape index (κ2) is 5.66. The minimum absolute atomic E-state index is 0.0730. The van der Waals surface area contributed by atoms with Gasteiger partial charge < -0.3 is 4.74 Å². The molecule has 2 rings (SSSR count). The van der Waals surface area contributed by atoms with E-state index in [-0.39, 0.29) is 11.3 Å². The summed E-state index contributed by atoms with van der Waals surface area (Å²) in [6, 6.07) is 6.08. The zero-order valence-electron chi connectivity index (χ0n) is 10.8. The molecule has 2 aromatic rings. The maximum absolute atomic E-state index is 13.4. The van der Waals surface area contributed by atoms with Crippen molar-refractivity contribution in [3.05, 3.63) is 63.7 Å². The Morgan fingerprint density at radius 1 is 1.19 bits per heavy atom. The Kier molecular flexibility index (Phi) is 3.93. The van der Waals surface area contributed by atoms with Crippen molar-refractivity contribution in [2.75, 3.05) is 0 Å². The summed E-state index contributed by atoms with van der Waals surface area (Å²) in [7, 11) is 0. The van der Waals surface area contributed by atoms with Gasteiger partial charge in [0.05, 0.1) is 16.6 Å². The molecule has 0 heterocycles. The molecule has 0 radical (unpaired) electrons. The summed E-state index contributed by atoms with van der Waals surface area (Å²) in [6.07, 6.45) is 0. The number of carbonyl (C=O) groups excluding carboxylic acids is 1. The maximum Gasteiger partial charge on any atom is 0.283 e. The van der Waals surface area contributed by atoms with E-state index in [4.69, 9.17) is 4.74 Å². The lowest BCUT2D eigenvalue weighted by molar-refractivity contribution is -0.385. The van der Waals surface area contributed by atoms with E-state index >= 15 is 0 Å². The molecule has 21 heavy (non-hydrogen) atoms. The summed E-state index contributed by atoms with van der Waals surface area (Å²) in [5.41, 5.74) is -0.552. The summed E-state index contributed by atoms with van der Waals surface area (Å²) >= 11 is 0. The Morgan fingerprint density at radius 3 is 2.52 bits per heavy atom. The summed E-state index contributed by atoms with van der Waals surface area (Å²) in [5, 5.41) is 10.9. The van der Waals surface area contributed by atoms with E-state index < -0.39 is 33.8 Å². The van der Waals surface area contributed by atoms with Gasteiger partial charge in [-0.3, -0.25) is 14.9 Å². The van der Waals surface area contributed by atoms with E-state index in [9.17, 15) is 23.7 Å². The zero-order valence-corrected chi connectivity index (χ0v) is 10.8. The number of ether oxygens (including phenoxy) is 1. The van der Waals surface area contributed by atoms with Crippen LogP contribution in [0.3, 0.4) is 0 Å². The molecule has 0 bridgehead atoms. The highest BCUT2D eigenvalue weighted by molar-refractivity contribution is 5.98. The van der Waals surface area contributed by atoms with Crippen molar-refractivity contribution in [3.63, 3.8) is 0 Å². The smallest absolute Gasteiger partial charge is 0.283 e. The molecule has 0 spiro atoms. The van der Waals surface area contributed by atoms with Crippen LogP contribution in [0, 0.1) is 21.7 Å². The Balaban J connectivity index is 2.41. The summed E-state index contributed by atoms with van der Waals surface area (Å²) in [4.78, 5) is 21.5. The van der Waals surface area contributed by atoms with Crippen LogP contribution in [-0.4, -0.2) is 10.7 Å². The van der Waals surface area contributed by atoms with Gasteiger partial charge in [-0.2, -0.15) is 0 Å². The van der Waals surface area contributed by atoms with Crippen molar-refractivity contribution in [1.29, 1.82) is 0 Å². The molecule has 0 aliphatic rings. The van der Waals surface area contributed by atoms with Crippen LogP contribution in [0.2, 0.25) is 0 Å². The van der Waals surface area contributed by atoms with Crippen LogP contribution in [0.5, 0.6) is 11.5 Å². The van der Waals surface area contributed by atoms with Crippen molar-refractivity contribution in [1.82, 2.24) is 0 Å². The number of nitro benzene ring substituents is 1.